The molecule has 0 unspecified atom stereocenters. The molecule has 0 spiro atoms. The maximum atomic E-state index is 2.27. The summed E-state index contributed by atoms with van der Waals surface area (Å²) in [4.78, 5) is 0. The molecular weight excluding hydrogens is 312 g/mol. The van der Waals surface area contributed by atoms with E-state index >= 15 is 0 Å². The smallest absolute Gasteiger partial charge is 0.00990 e. The lowest BCUT2D eigenvalue weighted by atomic mass is 9.91. The lowest BCUT2D eigenvalue weighted by molar-refractivity contribution is 1.65. The van der Waals surface area contributed by atoms with Crippen LogP contribution in [0.1, 0.15) is 0 Å². The number of fused-ring (bicyclic) bond motifs is 3. The Kier molecular flexibility index (Phi) is 3.54. The molecule has 0 fully saturated rings. The molecule has 0 atom stereocenters. The summed E-state index contributed by atoms with van der Waals surface area (Å²) >= 11 is 0. The first-order valence-electron chi connectivity index (χ1n) is 8.97. The van der Waals surface area contributed by atoms with Crippen LogP contribution in [0.15, 0.2) is 109 Å². The van der Waals surface area contributed by atoms with Crippen LogP contribution in [0, 0.1) is 0 Å². The van der Waals surface area contributed by atoms with Crippen LogP contribution in [-0.4, -0.2) is 0 Å². The van der Waals surface area contributed by atoms with Gasteiger partial charge in [0.15, 0.2) is 0 Å². The van der Waals surface area contributed by atoms with Crippen molar-refractivity contribution < 1.29 is 0 Å². The van der Waals surface area contributed by atoms with E-state index in [-0.39, 0.29) is 0 Å². The molecule has 122 valence electrons. The average Bonchev–Trinajstić information content (AvgIpc) is 2.74. The van der Waals surface area contributed by atoms with Gasteiger partial charge in [0.1, 0.15) is 0 Å². The van der Waals surface area contributed by atoms with Crippen LogP contribution in [0.4, 0.5) is 0 Å². The molecule has 0 radical (unpaired) electrons. The first-order valence-corrected chi connectivity index (χ1v) is 8.97. The van der Waals surface area contributed by atoms with Gasteiger partial charge in [0, 0.05) is 0 Å². The Morgan fingerprint density at radius 3 is 1.12 bits per heavy atom. The monoisotopic (exact) mass is 330 g/mol. The molecule has 26 heavy (non-hydrogen) atoms. The molecule has 5 aromatic carbocycles. The van der Waals surface area contributed by atoms with Crippen LogP contribution < -0.4 is 0 Å². The van der Waals surface area contributed by atoms with Gasteiger partial charge in [-0.05, 0) is 43.8 Å². The van der Waals surface area contributed by atoms with Crippen LogP contribution in [0.2, 0.25) is 0 Å². The van der Waals surface area contributed by atoms with Gasteiger partial charge in [-0.2, -0.15) is 0 Å². The predicted octanol–water partition coefficient (Wildman–Crippen LogP) is 7.33. The minimum Gasteiger partial charge on any atom is -0.0622 e. The third-order valence-electron chi connectivity index (χ3n) is 5.09. The molecule has 5 aromatic rings. The molecule has 0 aliphatic heterocycles. The Bertz CT molecular complexity index is 1100. The maximum absolute atomic E-state index is 2.27. The minimum atomic E-state index is 1.26. The Morgan fingerprint density at radius 2 is 0.692 bits per heavy atom. The van der Waals surface area contributed by atoms with Gasteiger partial charge >= 0.3 is 0 Å². The molecule has 0 saturated heterocycles. The molecule has 0 N–H and O–H groups in total. The van der Waals surface area contributed by atoms with Crippen molar-refractivity contribution in [2.45, 2.75) is 0 Å². The highest BCUT2D eigenvalue weighted by Gasteiger charge is 2.09. The molecule has 0 nitrogen and oxygen atoms in total. The largest absolute Gasteiger partial charge is 0.0622 e. The SMILES string of the molecule is c1ccc(-c2cccc3c2ccc2c(-c4ccccc4)cccc23)cc1. The van der Waals surface area contributed by atoms with E-state index in [0.29, 0.717) is 0 Å². The number of hydrogen-bond acceptors (Lipinski definition) is 0. The first kappa shape index (κ1) is 14.9. The highest BCUT2D eigenvalue weighted by atomic mass is 14.1. The van der Waals surface area contributed by atoms with E-state index in [1.807, 2.05) is 0 Å². The number of rotatable bonds is 2. The zero-order chi connectivity index (χ0) is 17.3. The van der Waals surface area contributed by atoms with Gasteiger partial charge in [0.05, 0.1) is 0 Å². The lowest BCUT2D eigenvalue weighted by Gasteiger charge is -2.12. The summed E-state index contributed by atoms with van der Waals surface area (Å²) in [5.74, 6) is 0. The van der Waals surface area contributed by atoms with Gasteiger partial charge in [-0.3, -0.25) is 0 Å². The maximum Gasteiger partial charge on any atom is -0.00990 e. The molecule has 0 aliphatic carbocycles. The van der Waals surface area contributed by atoms with Crippen molar-refractivity contribution in [2.75, 3.05) is 0 Å². The van der Waals surface area contributed by atoms with Crippen LogP contribution in [-0.2, 0) is 0 Å². The number of hydrogen-bond donors (Lipinski definition) is 0. The summed E-state index contributed by atoms with van der Waals surface area (Å²) in [6.45, 7) is 0. The van der Waals surface area contributed by atoms with E-state index in [9.17, 15) is 0 Å². The Labute approximate surface area is 153 Å². The average molecular weight is 330 g/mol. The zero-order valence-electron chi connectivity index (χ0n) is 14.4. The van der Waals surface area contributed by atoms with Crippen molar-refractivity contribution in [2.24, 2.45) is 0 Å². The van der Waals surface area contributed by atoms with E-state index in [1.165, 1.54) is 43.8 Å². The summed E-state index contributed by atoms with van der Waals surface area (Å²) in [7, 11) is 0. The highest BCUT2D eigenvalue weighted by molar-refractivity contribution is 6.15. The second-order valence-electron chi connectivity index (χ2n) is 6.60. The van der Waals surface area contributed by atoms with Crippen molar-refractivity contribution in [3.63, 3.8) is 0 Å². The molecular formula is C26H18. The van der Waals surface area contributed by atoms with Gasteiger partial charge < -0.3 is 0 Å². The summed E-state index contributed by atoms with van der Waals surface area (Å²) in [5, 5.41) is 5.22. The Morgan fingerprint density at radius 1 is 0.269 bits per heavy atom. The summed E-state index contributed by atoms with van der Waals surface area (Å²) in [5.41, 5.74) is 5.10. The molecule has 0 heteroatoms. The van der Waals surface area contributed by atoms with Gasteiger partial charge in [-0.15, -0.1) is 0 Å². The van der Waals surface area contributed by atoms with E-state index in [0.717, 1.165) is 0 Å². The topological polar surface area (TPSA) is 0 Å². The van der Waals surface area contributed by atoms with E-state index < -0.39 is 0 Å². The molecule has 0 saturated carbocycles. The van der Waals surface area contributed by atoms with Crippen LogP contribution in [0.3, 0.4) is 0 Å². The second-order valence-corrected chi connectivity index (χ2v) is 6.60. The quantitative estimate of drug-likeness (QED) is 0.297. The molecule has 0 aromatic heterocycles. The fraction of sp³-hybridized carbons (Fsp3) is 0. The molecule has 0 bridgehead atoms. The third-order valence-corrected chi connectivity index (χ3v) is 5.09. The van der Waals surface area contributed by atoms with E-state index in [4.69, 9.17) is 0 Å². The van der Waals surface area contributed by atoms with Crippen molar-refractivity contribution >= 4 is 21.5 Å². The Hall–Kier alpha value is -3.38. The van der Waals surface area contributed by atoms with Crippen LogP contribution >= 0.6 is 0 Å². The molecule has 0 amide bonds. The number of benzene rings is 5. The summed E-state index contributed by atoms with van der Waals surface area (Å²) in [6.07, 6.45) is 0. The van der Waals surface area contributed by atoms with Crippen molar-refractivity contribution in [1.82, 2.24) is 0 Å². The fourth-order valence-electron chi connectivity index (χ4n) is 3.86. The van der Waals surface area contributed by atoms with E-state index in [2.05, 4.69) is 109 Å². The lowest BCUT2D eigenvalue weighted by Crippen LogP contribution is -1.85. The fourth-order valence-corrected chi connectivity index (χ4v) is 3.86. The van der Waals surface area contributed by atoms with Gasteiger partial charge in [0.25, 0.3) is 0 Å². The van der Waals surface area contributed by atoms with Crippen molar-refractivity contribution in [1.29, 1.82) is 0 Å². The Balaban J connectivity index is 1.82. The summed E-state index contributed by atoms with van der Waals surface area (Å²) < 4.78 is 0. The van der Waals surface area contributed by atoms with E-state index in [1.54, 1.807) is 0 Å². The van der Waals surface area contributed by atoms with Gasteiger partial charge in [-0.1, -0.05) is 109 Å². The summed E-state index contributed by atoms with van der Waals surface area (Å²) in [6, 6.07) is 39.0. The molecule has 0 aliphatic rings. The van der Waals surface area contributed by atoms with Crippen molar-refractivity contribution in [3.8, 4) is 22.3 Å². The predicted molar refractivity (Wildman–Crippen MR) is 112 cm³/mol. The first-order chi connectivity index (χ1) is 12.9. The third kappa shape index (κ3) is 2.39. The molecule has 0 heterocycles. The van der Waals surface area contributed by atoms with Crippen LogP contribution in [0.5, 0.6) is 0 Å². The normalized spacial score (nSPS) is 11.1. The molecule has 5 rings (SSSR count). The minimum absolute atomic E-state index is 1.26. The zero-order valence-corrected chi connectivity index (χ0v) is 14.4. The van der Waals surface area contributed by atoms with Crippen LogP contribution in [0.25, 0.3) is 43.8 Å². The van der Waals surface area contributed by atoms with Gasteiger partial charge in [0.2, 0.25) is 0 Å². The second kappa shape index (κ2) is 6.16. The van der Waals surface area contributed by atoms with Crippen molar-refractivity contribution in [3.05, 3.63) is 109 Å². The van der Waals surface area contributed by atoms with Gasteiger partial charge in [-0.25, -0.2) is 0 Å². The highest BCUT2D eigenvalue weighted by Crippen LogP contribution is 2.36. The standard InChI is InChI=1S/C26H18/c1-3-9-19(10-4-1)21-13-7-15-23-24-16-8-14-22(20-11-5-2-6-12-20)26(24)18-17-25(21)23/h1-18H.